The van der Waals surface area contributed by atoms with Crippen LogP contribution in [0, 0.1) is 5.92 Å². The molecule has 0 amide bonds. The van der Waals surface area contributed by atoms with Gasteiger partial charge < -0.3 is 20.1 Å². The van der Waals surface area contributed by atoms with Crippen LogP contribution >= 0.6 is 0 Å². The van der Waals surface area contributed by atoms with Crippen molar-refractivity contribution in [1.29, 1.82) is 0 Å². The normalized spacial score (nSPS) is 20.8. The van der Waals surface area contributed by atoms with Crippen LogP contribution in [0.2, 0.25) is 0 Å². The summed E-state index contributed by atoms with van der Waals surface area (Å²) >= 11 is 0. The van der Waals surface area contributed by atoms with Gasteiger partial charge in [0.1, 0.15) is 13.2 Å². The first-order valence-electron chi connectivity index (χ1n) is 6.16. The predicted octanol–water partition coefficient (Wildman–Crippen LogP) is 0.938. The van der Waals surface area contributed by atoms with Crippen LogP contribution < -0.4 is 20.1 Å². The summed E-state index contributed by atoms with van der Waals surface area (Å²) in [4.78, 5) is 0. The Hall–Kier alpha value is -1.26. The van der Waals surface area contributed by atoms with Gasteiger partial charge in [0.25, 0.3) is 0 Å². The minimum Gasteiger partial charge on any atom is -0.486 e. The smallest absolute Gasteiger partial charge is 0.161 e. The molecule has 0 spiro atoms. The molecule has 0 radical (unpaired) electrons. The maximum Gasteiger partial charge on any atom is 0.161 e. The highest BCUT2D eigenvalue weighted by molar-refractivity contribution is 5.44. The molecule has 4 nitrogen and oxygen atoms in total. The van der Waals surface area contributed by atoms with E-state index in [0.29, 0.717) is 25.2 Å². The molecule has 2 aliphatic heterocycles. The molecule has 2 aliphatic rings. The zero-order valence-electron chi connectivity index (χ0n) is 10.0. The number of fused-ring (bicyclic) bond motifs is 1. The van der Waals surface area contributed by atoms with Crippen molar-refractivity contribution < 1.29 is 9.47 Å². The van der Waals surface area contributed by atoms with E-state index >= 15 is 0 Å². The fourth-order valence-electron chi connectivity index (χ4n) is 2.47. The molecule has 1 fully saturated rings. The van der Waals surface area contributed by atoms with E-state index in [1.54, 1.807) is 0 Å². The summed E-state index contributed by atoms with van der Waals surface area (Å²) in [6, 6.07) is 6.65. The lowest BCUT2D eigenvalue weighted by molar-refractivity contribution is 0.171. The predicted molar refractivity (Wildman–Crippen MR) is 65.6 cm³/mol. The van der Waals surface area contributed by atoms with Crippen molar-refractivity contribution in [3.8, 4) is 11.5 Å². The number of nitrogens with one attached hydrogen (secondary N) is 2. The van der Waals surface area contributed by atoms with Gasteiger partial charge in [-0.25, -0.2) is 0 Å². The summed E-state index contributed by atoms with van der Waals surface area (Å²) < 4.78 is 11.2. The summed E-state index contributed by atoms with van der Waals surface area (Å²) in [6.45, 7) is 3.46. The van der Waals surface area contributed by atoms with E-state index in [0.717, 1.165) is 24.6 Å². The SMILES string of the molecule is CNC(c1ccc2c(c1)OCCO2)C1CNC1. The second kappa shape index (κ2) is 4.55. The van der Waals surface area contributed by atoms with Gasteiger partial charge in [0.15, 0.2) is 11.5 Å². The van der Waals surface area contributed by atoms with E-state index < -0.39 is 0 Å². The fraction of sp³-hybridized carbons (Fsp3) is 0.538. The second-order valence-electron chi connectivity index (χ2n) is 4.59. The van der Waals surface area contributed by atoms with Gasteiger partial charge >= 0.3 is 0 Å². The molecule has 0 bridgehead atoms. The van der Waals surface area contributed by atoms with Gasteiger partial charge in [-0.15, -0.1) is 0 Å². The first-order chi connectivity index (χ1) is 8.38. The number of benzene rings is 1. The molecule has 4 heteroatoms. The summed E-state index contributed by atoms with van der Waals surface area (Å²) in [7, 11) is 2.01. The lowest BCUT2D eigenvalue weighted by Crippen LogP contribution is -2.48. The van der Waals surface area contributed by atoms with Crippen LogP contribution in [0.4, 0.5) is 0 Å². The Bertz CT molecular complexity index is 404. The monoisotopic (exact) mass is 234 g/mol. The van der Waals surface area contributed by atoms with Crippen LogP contribution in [0.5, 0.6) is 11.5 Å². The van der Waals surface area contributed by atoms with Gasteiger partial charge in [0.05, 0.1) is 0 Å². The Balaban J connectivity index is 1.86. The molecule has 3 rings (SSSR count). The Morgan fingerprint density at radius 1 is 1.24 bits per heavy atom. The molecular weight excluding hydrogens is 216 g/mol. The highest BCUT2D eigenvalue weighted by atomic mass is 16.6. The van der Waals surface area contributed by atoms with Gasteiger partial charge in [-0.1, -0.05) is 6.07 Å². The fourth-order valence-corrected chi connectivity index (χ4v) is 2.47. The third kappa shape index (κ3) is 1.98. The molecule has 92 valence electrons. The van der Waals surface area contributed by atoms with Crippen LogP contribution in [0.1, 0.15) is 11.6 Å². The van der Waals surface area contributed by atoms with Gasteiger partial charge in [-0.3, -0.25) is 0 Å². The zero-order chi connectivity index (χ0) is 11.7. The minimum atomic E-state index is 0.395. The molecule has 0 saturated carbocycles. The molecule has 1 saturated heterocycles. The van der Waals surface area contributed by atoms with Gasteiger partial charge in [-0.2, -0.15) is 0 Å². The number of rotatable bonds is 3. The minimum absolute atomic E-state index is 0.395. The van der Waals surface area contributed by atoms with Gasteiger partial charge in [0, 0.05) is 25.0 Å². The van der Waals surface area contributed by atoms with Crippen molar-refractivity contribution in [1.82, 2.24) is 10.6 Å². The molecular formula is C13H18N2O2. The Morgan fingerprint density at radius 3 is 2.65 bits per heavy atom. The van der Waals surface area contributed by atoms with Crippen molar-refractivity contribution in [2.45, 2.75) is 6.04 Å². The molecule has 2 heterocycles. The first-order valence-corrected chi connectivity index (χ1v) is 6.16. The Morgan fingerprint density at radius 2 is 2.00 bits per heavy atom. The zero-order valence-corrected chi connectivity index (χ0v) is 10.0. The molecule has 2 N–H and O–H groups in total. The average molecular weight is 234 g/mol. The van der Waals surface area contributed by atoms with E-state index in [1.165, 1.54) is 5.56 Å². The van der Waals surface area contributed by atoms with Crippen molar-refractivity contribution in [2.75, 3.05) is 33.4 Å². The lowest BCUT2D eigenvalue weighted by Gasteiger charge is -2.35. The third-order valence-corrected chi connectivity index (χ3v) is 3.52. The average Bonchev–Trinajstić information content (AvgIpc) is 2.33. The lowest BCUT2D eigenvalue weighted by atomic mass is 9.88. The quantitative estimate of drug-likeness (QED) is 0.817. The van der Waals surface area contributed by atoms with Crippen molar-refractivity contribution >= 4 is 0 Å². The number of ether oxygens (including phenoxy) is 2. The largest absolute Gasteiger partial charge is 0.486 e. The van der Waals surface area contributed by atoms with Crippen LogP contribution in [-0.4, -0.2) is 33.4 Å². The van der Waals surface area contributed by atoms with Crippen molar-refractivity contribution in [2.24, 2.45) is 5.92 Å². The Kier molecular flexibility index (Phi) is 2.91. The molecule has 17 heavy (non-hydrogen) atoms. The topological polar surface area (TPSA) is 42.5 Å². The van der Waals surface area contributed by atoms with E-state index in [-0.39, 0.29) is 0 Å². The second-order valence-corrected chi connectivity index (χ2v) is 4.59. The molecule has 0 aromatic heterocycles. The van der Waals surface area contributed by atoms with E-state index in [2.05, 4.69) is 22.8 Å². The summed E-state index contributed by atoms with van der Waals surface area (Å²) in [5.74, 6) is 2.41. The molecule has 0 aliphatic carbocycles. The third-order valence-electron chi connectivity index (χ3n) is 3.52. The number of hydrogen-bond donors (Lipinski definition) is 2. The highest BCUT2D eigenvalue weighted by Crippen LogP contribution is 2.34. The first kappa shape index (κ1) is 10.9. The van der Waals surface area contributed by atoms with Crippen LogP contribution in [0.15, 0.2) is 18.2 Å². The maximum absolute atomic E-state index is 5.62. The van der Waals surface area contributed by atoms with Crippen molar-refractivity contribution in [3.05, 3.63) is 23.8 Å². The number of hydrogen-bond acceptors (Lipinski definition) is 4. The standard InChI is InChI=1S/C13H18N2O2/c1-14-13(10-7-15-8-10)9-2-3-11-12(6-9)17-5-4-16-11/h2-3,6,10,13-15H,4-5,7-8H2,1H3. The van der Waals surface area contributed by atoms with Gasteiger partial charge in [-0.05, 0) is 24.7 Å². The Labute approximate surface area is 101 Å². The van der Waals surface area contributed by atoms with E-state index in [9.17, 15) is 0 Å². The van der Waals surface area contributed by atoms with E-state index in [4.69, 9.17) is 9.47 Å². The molecule has 1 unspecified atom stereocenters. The van der Waals surface area contributed by atoms with Crippen LogP contribution in [0.3, 0.4) is 0 Å². The maximum atomic E-state index is 5.62. The summed E-state index contributed by atoms with van der Waals surface area (Å²) in [5.41, 5.74) is 1.28. The molecule has 1 aromatic carbocycles. The van der Waals surface area contributed by atoms with Crippen molar-refractivity contribution in [3.63, 3.8) is 0 Å². The summed E-state index contributed by atoms with van der Waals surface area (Å²) in [6.07, 6.45) is 0. The van der Waals surface area contributed by atoms with Gasteiger partial charge in [0.2, 0.25) is 0 Å². The van der Waals surface area contributed by atoms with Crippen LogP contribution in [-0.2, 0) is 0 Å². The van der Waals surface area contributed by atoms with E-state index in [1.807, 2.05) is 13.1 Å². The summed E-state index contributed by atoms with van der Waals surface area (Å²) in [5, 5.41) is 6.70. The molecule has 1 aromatic rings. The molecule has 1 atom stereocenters. The highest BCUT2D eigenvalue weighted by Gasteiger charge is 2.28. The van der Waals surface area contributed by atoms with Crippen LogP contribution in [0.25, 0.3) is 0 Å².